The topological polar surface area (TPSA) is 78.3 Å². The quantitative estimate of drug-likeness (QED) is 0.373. The molecule has 33 heavy (non-hydrogen) atoms. The number of benzene rings is 2. The van der Waals surface area contributed by atoms with E-state index in [1.54, 1.807) is 11.8 Å². The van der Waals surface area contributed by atoms with Crippen molar-refractivity contribution in [2.24, 2.45) is 5.92 Å². The van der Waals surface area contributed by atoms with Crippen molar-refractivity contribution in [1.82, 2.24) is 14.8 Å². The van der Waals surface area contributed by atoms with E-state index < -0.39 is 0 Å². The zero-order valence-electron chi connectivity index (χ0n) is 20.0. The van der Waals surface area contributed by atoms with E-state index in [9.17, 15) is 4.79 Å². The Morgan fingerprint density at radius 3 is 2.52 bits per heavy atom. The maximum absolute atomic E-state index is 12.6. The second-order valence-electron chi connectivity index (χ2n) is 8.07. The molecular formula is C26H34N4O3. The summed E-state index contributed by atoms with van der Waals surface area (Å²) in [5.74, 6) is 0.816. The molecule has 0 unspecified atom stereocenters. The third kappa shape index (κ3) is 6.42. The monoisotopic (exact) mass is 450 g/mol. The molecule has 0 saturated heterocycles. The maximum atomic E-state index is 12.6. The standard InChI is InChI=1S/C26H34N4O3/c1-5-7-11-20(6-2)25(31)27-21-13-15-22(16-14-21)30-24(23-12-9-8-10-19(23)3)28-26(29-30)33-18-17-32-4/h8-10,12-16,20H,5-7,11,17-18H2,1-4H3,(H,27,31)/t20-/m1/s1. The molecule has 0 radical (unpaired) electrons. The van der Waals surface area contributed by atoms with Gasteiger partial charge in [0.2, 0.25) is 5.91 Å². The Bertz CT molecular complexity index is 1030. The number of hydrogen-bond donors (Lipinski definition) is 1. The second-order valence-corrected chi connectivity index (χ2v) is 8.07. The molecule has 3 rings (SSSR count). The minimum atomic E-state index is 0.0411. The van der Waals surface area contributed by atoms with E-state index in [0.717, 1.165) is 48.2 Å². The van der Waals surface area contributed by atoms with Crippen LogP contribution in [0.4, 0.5) is 5.69 Å². The molecule has 0 fully saturated rings. The number of unbranched alkanes of at least 4 members (excludes halogenated alkanes) is 1. The number of aryl methyl sites for hydroxylation is 1. The molecule has 7 nitrogen and oxygen atoms in total. The van der Waals surface area contributed by atoms with Gasteiger partial charge in [0.05, 0.1) is 12.3 Å². The molecule has 2 aromatic carbocycles. The van der Waals surface area contributed by atoms with E-state index in [1.807, 2.05) is 55.5 Å². The fourth-order valence-electron chi connectivity index (χ4n) is 3.65. The molecule has 1 heterocycles. The summed E-state index contributed by atoms with van der Waals surface area (Å²) in [7, 11) is 1.63. The number of methoxy groups -OCH3 is 1. The molecule has 176 valence electrons. The van der Waals surface area contributed by atoms with Crippen molar-refractivity contribution in [1.29, 1.82) is 0 Å². The summed E-state index contributed by atoms with van der Waals surface area (Å²) in [6.07, 6.45) is 3.92. The summed E-state index contributed by atoms with van der Waals surface area (Å²) in [5.41, 5.74) is 3.67. The highest BCUT2D eigenvalue weighted by atomic mass is 16.5. The minimum absolute atomic E-state index is 0.0411. The van der Waals surface area contributed by atoms with Gasteiger partial charge < -0.3 is 14.8 Å². The number of ether oxygens (including phenoxy) is 2. The number of aromatic nitrogens is 3. The fraction of sp³-hybridized carbons (Fsp3) is 0.423. The van der Waals surface area contributed by atoms with Crippen LogP contribution in [0.1, 0.15) is 45.1 Å². The molecule has 1 amide bonds. The summed E-state index contributed by atoms with van der Waals surface area (Å²) in [6, 6.07) is 16.0. The smallest absolute Gasteiger partial charge is 0.336 e. The van der Waals surface area contributed by atoms with Gasteiger partial charge in [0.25, 0.3) is 0 Å². The fourth-order valence-corrected chi connectivity index (χ4v) is 3.65. The molecule has 0 spiro atoms. The Labute approximate surface area is 196 Å². The highest BCUT2D eigenvalue weighted by Crippen LogP contribution is 2.27. The second kappa shape index (κ2) is 12.2. The molecule has 0 aliphatic carbocycles. The zero-order chi connectivity index (χ0) is 23.6. The molecule has 1 aromatic heterocycles. The van der Waals surface area contributed by atoms with E-state index in [-0.39, 0.29) is 11.8 Å². The Balaban J connectivity index is 1.84. The van der Waals surface area contributed by atoms with Gasteiger partial charge in [-0.15, -0.1) is 5.10 Å². The van der Waals surface area contributed by atoms with Gasteiger partial charge in [-0.3, -0.25) is 4.79 Å². The van der Waals surface area contributed by atoms with Gasteiger partial charge in [-0.05, 0) is 49.6 Å². The molecular weight excluding hydrogens is 416 g/mol. The van der Waals surface area contributed by atoms with Crippen LogP contribution in [0.15, 0.2) is 48.5 Å². The first-order valence-corrected chi connectivity index (χ1v) is 11.6. The molecule has 0 bridgehead atoms. The predicted octanol–water partition coefficient (Wildman–Crippen LogP) is 5.42. The van der Waals surface area contributed by atoms with E-state index in [0.29, 0.717) is 25.0 Å². The molecule has 0 aliphatic heterocycles. The van der Waals surface area contributed by atoms with Crippen LogP contribution in [0.3, 0.4) is 0 Å². The third-order valence-electron chi connectivity index (χ3n) is 5.64. The summed E-state index contributed by atoms with van der Waals surface area (Å²) >= 11 is 0. The lowest BCUT2D eigenvalue weighted by atomic mass is 9.98. The van der Waals surface area contributed by atoms with Crippen LogP contribution in [0.2, 0.25) is 0 Å². The van der Waals surface area contributed by atoms with E-state index >= 15 is 0 Å². The van der Waals surface area contributed by atoms with Crippen LogP contribution >= 0.6 is 0 Å². The largest absolute Gasteiger partial charge is 0.460 e. The van der Waals surface area contributed by atoms with Crippen LogP contribution in [-0.2, 0) is 9.53 Å². The first-order chi connectivity index (χ1) is 16.1. The Morgan fingerprint density at radius 1 is 1.09 bits per heavy atom. The van der Waals surface area contributed by atoms with Crippen LogP contribution < -0.4 is 10.1 Å². The molecule has 0 aliphatic rings. The van der Waals surface area contributed by atoms with Gasteiger partial charge in [-0.2, -0.15) is 4.98 Å². The lowest BCUT2D eigenvalue weighted by Gasteiger charge is -2.15. The van der Waals surface area contributed by atoms with Gasteiger partial charge in [0.15, 0.2) is 5.82 Å². The molecule has 7 heteroatoms. The number of carbonyl (C=O) groups is 1. The Hall–Kier alpha value is -3.19. The van der Waals surface area contributed by atoms with Crippen molar-refractivity contribution in [2.45, 2.75) is 46.5 Å². The minimum Gasteiger partial charge on any atom is -0.460 e. The van der Waals surface area contributed by atoms with Crippen LogP contribution in [0.25, 0.3) is 17.1 Å². The number of nitrogens with one attached hydrogen (secondary N) is 1. The van der Waals surface area contributed by atoms with Crippen molar-refractivity contribution in [3.8, 4) is 23.1 Å². The molecule has 1 atom stereocenters. The zero-order valence-corrected chi connectivity index (χ0v) is 20.0. The number of carbonyl (C=O) groups excluding carboxylic acids is 1. The summed E-state index contributed by atoms with van der Waals surface area (Å²) < 4.78 is 12.5. The predicted molar refractivity (Wildman–Crippen MR) is 131 cm³/mol. The summed E-state index contributed by atoms with van der Waals surface area (Å²) in [6.45, 7) is 7.08. The van der Waals surface area contributed by atoms with Gasteiger partial charge in [0.1, 0.15) is 6.61 Å². The van der Waals surface area contributed by atoms with Crippen molar-refractivity contribution in [2.75, 3.05) is 25.6 Å². The third-order valence-corrected chi connectivity index (χ3v) is 5.64. The van der Waals surface area contributed by atoms with Crippen molar-refractivity contribution < 1.29 is 14.3 Å². The SMILES string of the molecule is CCCC[C@@H](CC)C(=O)Nc1ccc(-n2nc(OCCOC)nc2-c2ccccc2C)cc1. The van der Waals surface area contributed by atoms with E-state index in [2.05, 4.69) is 29.2 Å². The Morgan fingerprint density at radius 2 is 1.85 bits per heavy atom. The van der Waals surface area contributed by atoms with Gasteiger partial charge in [-0.25, -0.2) is 4.68 Å². The normalized spacial score (nSPS) is 11.9. The number of nitrogens with zero attached hydrogens (tertiary/aromatic N) is 3. The van der Waals surface area contributed by atoms with Crippen LogP contribution in [0.5, 0.6) is 6.01 Å². The lowest BCUT2D eigenvalue weighted by Crippen LogP contribution is -2.22. The highest BCUT2D eigenvalue weighted by molar-refractivity contribution is 5.92. The number of anilines is 1. The summed E-state index contributed by atoms with van der Waals surface area (Å²) in [4.78, 5) is 17.3. The van der Waals surface area contributed by atoms with Gasteiger partial charge >= 0.3 is 6.01 Å². The van der Waals surface area contributed by atoms with Crippen LogP contribution in [-0.4, -0.2) is 41.0 Å². The average molecular weight is 451 g/mol. The first-order valence-electron chi connectivity index (χ1n) is 11.6. The summed E-state index contributed by atoms with van der Waals surface area (Å²) in [5, 5.41) is 7.63. The van der Waals surface area contributed by atoms with Gasteiger partial charge in [0, 0.05) is 24.3 Å². The molecule has 0 saturated carbocycles. The molecule has 1 N–H and O–H groups in total. The maximum Gasteiger partial charge on any atom is 0.336 e. The lowest BCUT2D eigenvalue weighted by molar-refractivity contribution is -0.120. The van der Waals surface area contributed by atoms with Crippen molar-refractivity contribution in [3.05, 3.63) is 54.1 Å². The van der Waals surface area contributed by atoms with Gasteiger partial charge in [-0.1, -0.05) is 51.0 Å². The average Bonchev–Trinajstić information content (AvgIpc) is 3.24. The molecule has 3 aromatic rings. The van der Waals surface area contributed by atoms with Crippen molar-refractivity contribution in [3.63, 3.8) is 0 Å². The number of hydrogen-bond acceptors (Lipinski definition) is 5. The number of amides is 1. The van der Waals surface area contributed by atoms with E-state index in [4.69, 9.17) is 9.47 Å². The Kier molecular flexibility index (Phi) is 9.01. The first kappa shape index (κ1) is 24.5. The highest BCUT2D eigenvalue weighted by Gasteiger charge is 2.18. The van der Waals surface area contributed by atoms with Crippen molar-refractivity contribution >= 4 is 11.6 Å². The van der Waals surface area contributed by atoms with E-state index in [1.165, 1.54) is 0 Å². The van der Waals surface area contributed by atoms with Crippen LogP contribution in [0, 0.1) is 12.8 Å². The number of rotatable bonds is 12.